The molecule has 1 aliphatic heterocycles. The van der Waals surface area contributed by atoms with Gasteiger partial charge in [-0.1, -0.05) is 39.0 Å². The number of nitrogens with zero attached hydrogens (tertiary/aromatic N) is 2. The Morgan fingerprint density at radius 1 is 0.941 bits per heavy atom. The lowest BCUT2D eigenvalue weighted by atomic mass is 9.87. The molecular formula is C25H34N4O4S. The number of nitrogens with one attached hydrogen (secondary N) is 2. The fourth-order valence-electron chi connectivity index (χ4n) is 3.82. The lowest BCUT2D eigenvalue weighted by molar-refractivity contribution is -0.120. The maximum absolute atomic E-state index is 12.7. The molecule has 0 aromatic heterocycles. The first-order valence-electron chi connectivity index (χ1n) is 11.4. The van der Waals surface area contributed by atoms with E-state index in [1.54, 1.807) is 24.3 Å². The van der Waals surface area contributed by atoms with Crippen molar-refractivity contribution in [1.82, 2.24) is 8.61 Å². The highest BCUT2D eigenvalue weighted by molar-refractivity contribution is 7.86. The van der Waals surface area contributed by atoms with Gasteiger partial charge in [0.2, 0.25) is 5.91 Å². The number of carbonyl (C=O) groups excluding carboxylic acids is 2. The summed E-state index contributed by atoms with van der Waals surface area (Å²) in [4.78, 5) is 25.4. The van der Waals surface area contributed by atoms with Gasteiger partial charge in [0, 0.05) is 50.0 Å². The van der Waals surface area contributed by atoms with Crippen LogP contribution >= 0.6 is 0 Å². The van der Waals surface area contributed by atoms with Gasteiger partial charge in [-0.05, 0) is 54.2 Å². The van der Waals surface area contributed by atoms with E-state index in [0.717, 1.165) is 5.56 Å². The smallest absolute Gasteiger partial charge is 0.281 e. The summed E-state index contributed by atoms with van der Waals surface area (Å²) in [6.07, 6.45) is 0.916. The second-order valence-corrected chi connectivity index (χ2v) is 12.0. The predicted molar refractivity (Wildman–Crippen MR) is 135 cm³/mol. The number of carbonyl (C=O) groups is 2. The summed E-state index contributed by atoms with van der Waals surface area (Å²) >= 11 is 0. The molecule has 1 fully saturated rings. The van der Waals surface area contributed by atoms with E-state index < -0.39 is 10.2 Å². The second-order valence-electron chi connectivity index (χ2n) is 9.82. The Kier molecular flexibility index (Phi) is 7.80. The van der Waals surface area contributed by atoms with E-state index in [1.165, 1.54) is 22.7 Å². The molecule has 1 heterocycles. The molecule has 1 saturated heterocycles. The maximum atomic E-state index is 12.7. The lowest BCUT2D eigenvalue weighted by Crippen LogP contribution is -2.46. The molecule has 0 atom stereocenters. The molecule has 2 amide bonds. The molecule has 0 aliphatic carbocycles. The summed E-state index contributed by atoms with van der Waals surface area (Å²) in [7, 11) is -0.462. The minimum Gasteiger partial charge on any atom is -0.326 e. The van der Waals surface area contributed by atoms with E-state index in [2.05, 4.69) is 31.4 Å². The van der Waals surface area contributed by atoms with Gasteiger partial charge in [0.15, 0.2) is 0 Å². The molecule has 0 bridgehead atoms. The molecule has 2 aromatic carbocycles. The van der Waals surface area contributed by atoms with Crippen molar-refractivity contribution in [3.63, 3.8) is 0 Å². The summed E-state index contributed by atoms with van der Waals surface area (Å²) in [6.45, 7) is 6.98. The summed E-state index contributed by atoms with van der Waals surface area (Å²) < 4.78 is 27.1. The van der Waals surface area contributed by atoms with Crippen LogP contribution in [-0.4, -0.2) is 56.0 Å². The zero-order valence-corrected chi connectivity index (χ0v) is 21.3. The molecule has 34 heavy (non-hydrogen) atoms. The van der Waals surface area contributed by atoms with Gasteiger partial charge < -0.3 is 10.6 Å². The van der Waals surface area contributed by atoms with Gasteiger partial charge in [-0.15, -0.1) is 0 Å². The summed E-state index contributed by atoms with van der Waals surface area (Å²) in [5.74, 6) is -0.644. The largest absolute Gasteiger partial charge is 0.326 e. The Labute approximate surface area is 202 Å². The normalized spacial score (nSPS) is 15.8. The average molecular weight is 487 g/mol. The van der Waals surface area contributed by atoms with Crippen molar-refractivity contribution in [2.45, 2.75) is 39.0 Å². The van der Waals surface area contributed by atoms with Gasteiger partial charge in [0.1, 0.15) is 0 Å². The first-order chi connectivity index (χ1) is 15.9. The van der Waals surface area contributed by atoms with Crippen LogP contribution in [0.5, 0.6) is 0 Å². The van der Waals surface area contributed by atoms with Crippen LogP contribution < -0.4 is 10.6 Å². The minimum absolute atomic E-state index is 0.0127. The molecule has 0 radical (unpaired) electrons. The topological polar surface area (TPSA) is 98.8 Å². The maximum Gasteiger partial charge on any atom is 0.281 e. The monoisotopic (exact) mass is 486 g/mol. The van der Waals surface area contributed by atoms with Crippen molar-refractivity contribution >= 4 is 33.4 Å². The van der Waals surface area contributed by atoms with Gasteiger partial charge in [-0.25, -0.2) is 0 Å². The molecule has 0 unspecified atom stereocenters. The SMILES string of the molecule is CN(C)S(=O)(=O)N1CCC(C(=O)Nc2cccc(NC(=O)c3ccc(C(C)(C)C)cc3)c2)CC1. The fourth-order valence-corrected chi connectivity index (χ4v) is 4.96. The Morgan fingerprint density at radius 3 is 2.03 bits per heavy atom. The predicted octanol–water partition coefficient (Wildman–Crippen LogP) is 3.69. The number of piperidine rings is 1. The van der Waals surface area contributed by atoms with Crippen molar-refractivity contribution in [1.29, 1.82) is 0 Å². The van der Waals surface area contributed by atoms with Gasteiger partial charge >= 0.3 is 0 Å². The van der Waals surface area contributed by atoms with Crippen LogP contribution in [0.3, 0.4) is 0 Å². The summed E-state index contributed by atoms with van der Waals surface area (Å²) in [5.41, 5.74) is 2.88. The fraction of sp³-hybridized carbons (Fsp3) is 0.440. The second kappa shape index (κ2) is 10.2. The first kappa shape index (κ1) is 25.9. The minimum atomic E-state index is -3.46. The van der Waals surface area contributed by atoms with Crippen molar-refractivity contribution in [3.8, 4) is 0 Å². The number of benzene rings is 2. The molecule has 2 aromatic rings. The van der Waals surface area contributed by atoms with Crippen LogP contribution in [-0.2, 0) is 20.4 Å². The van der Waals surface area contributed by atoms with Crippen LogP contribution in [0.25, 0.3) is 0 Å². The van der Waals surface area contributed by atoms with Gasteiger partial charge in [0.05, 0.1) is 0 Å². The molecule has 184 valence electrons. The molecule has 8 nitrogen and oxygen atoms in total. The zero-order valence-electron chi connectivity index (χ0n) is 20.5. The Bertz CT molecular complexity index is 1130. The van der Waals surface area contributed by atoms with E-state index in [4.69, 9.17) is 0 Å². The number of amides is 2. The number of hydrogen-bond donors (Lipinski definition) is 2. The Hall–Kier alpha value is -2.75. The lowest BCUT2D eigenvalue weighted by Gasteiger charge is -2.32. The van der Waals surface area contributed by atoms with E-state index in [1.807, 2.05) is 24.3 Å². The van der Waals surface area contributed by atoms with E-state index in [0.29, 0.717) is 42.9 Å². The van der Waals surface area contributed by atoms with Crippen molar-refractivity contribution in [3.05, 3.63) is 59.7 Å². The zero-order chi connectivity index (χ0) is 25.1. The van der Waals surface area contributed by atoms with E-state index in [9.17, 15) is 18.0 Å². The van der Waals surface area contributed by atoms with Crippen LogP contribution in [0, 0.1) is 5.92 Å². The van der Waals surface area contributed by atoms with Gasteiger partial charge in [0.25, 0.3) is 16.1 Å². The Balaban J connectivity index is 1.58. The number of anilines is 2. The Morgan fingerprint density at radius 2 is 1.50 bits per heavy atom. The highest BCUT2D eigenvalue weighted by Crippen LogP contribution is 2.24. The molecule has 3 rings (SSSR count). The van der Waals surface area contributed by atoms with Crippen molar-refractivity contribution < 1.29 is 18.0 Å². The summed E-state index contributed by atoms with van der Waals surface area (Å²) in [6, 6.07) is 14.5. The number of rotatable bonds is 6. The van der Waals surface area contributed by atoms with Crippen LogP contribution in [0.2, 0.25) is 0 Å². The molecule has 0 saturated carbocycles. The van der Waals surface area contributed by atoms with E-state index in [-0.39, 0.29) is 23.1 Å². The quantitative estimate of drug-likeness (QED) is 0.651. The summed E-state index contributed by atoms with van der Waals surface area (Å²) in [5, 5.41) is 5.77. The van der Waals surface area contributed by atoms with Crippen LogP contribution in [0.1, 0.15) is 49.5 Å². The third-order valence-electron chi connectivity index (χ3n) is 6.01. The third-order valence-corrected chi connectivity index (χ3v) is 7.95. The van der Waals surface area contributed by atoms with Gasteiger partial charge in [-0.3, -0.25) is 9.59 Å². The number of hydrogen-bond acceptors (Lipinski definition) is 4. The van der Waals surface area contributed by atoms with Gasteiger partial charge in [-0.2, -0.15) is 17.0 Å². The third kappa shape index (κ3) is 6.22. The highest BCUT2D eigenvalue weighted by Gasteiger charge is 2.32. The van der Waals surface area contributed by atoms with Crippen molar-refractivity contribution in [2.75, 3.05) is 37.8 Å². The first-order valence-corrected chi connectivity index (χ1v) is 12.8. The molecule has 2 N–H and O–H groups in total. The van der Waals surface area contributed by atoms with Crippen LogP contribution in [0.15, 0.2) is 48.5 Å². The van der Waals surface area contributed by atoms with Crippen LogP contribution in [0.4, 0.5) is 11.4 Å². The van der Waals surface area contributed by atoms with Crippen molar-refractivity contribution in [2.24, 2.45) is 5.92 Å². The molecular weight excluding hydrogens is 452 g/mol. The molecule has 9 heteroatoms. The van der Waals surface area contributed by atoms with E-state index >= 15 is 0 Å². The molecule has 1 aliphatic rings. The molecule has 0 spiro atoms. The standard InChI is InChI=1S/C25H34N4O4S/c1-25(2,3)20-11-9-18(10-12-20)23(30)26-21-7-6-8-22(17-21)27-24(31)19-13-15-29(16-14-19)34(32,33)28(4)5/h6-12,17,19H,13-16H2,1-5H3,(H,26,30)(H,27,31). The highest BCUT2D eigenvalue weighted by atomic mass is 32.2. The average Bonchev–Trinajstić information content (AvgIpc) is 2.78.